The summed E-state index contributed by atoms with van der Waals surface area (Å²) in [5, 5.41) is 0. The average molecular weight is 131 g/mol. The molecule has 0 bridgehead atoms. The molecule has 0 aliphatic rings. The van der Waals surface area contributed by atoms with E-state index >= 15 is 0 Å². The molecule has 0 saturated heterocycles. The lowest BCUT2D eigenvalue weighted by molar-refractivity contribution is -0.104. The van der Waals surface area contributed by atoms with Crippen LogP contribution in [0.3, 0.4) is 0 Å². The van der Waals surface area contributed by atoms with Crippen molar-refractivity contribution in [2.45, 2.75) is 0 Å². The minimum Gasteiger partial charge on any atom is -0.299 e. The number of hydrogen-bond donors (Lipinski definition) is 0. The first-order chi connectivity index (χ1) is 4.93. The Hall–Kier alpha value is -1.37. The predicted octanol–water partition coefficient (Wildman–Crippen LogP) is 1.70. The highest BCUT2D eigenvalue weighted by Crippen LogP contribution is 1.98. The zero-order valence-electron chi connectivity index (χ0n) is 5.45. The topological polar surface area (TPSA) is 17.1 Å². The SMILES string of the molecule is O=C/C=C/c1c[c]ccc1. The van der Waals surface area contributed by atoms with Gasteiger partial charge in [-0.3, -0.25) is 4.79 Å². The fourth-order valence-corrected chi connectivity index (χ4v) is 0.661. The van der Waals surface area contributed by atoms with Gasteiger partial charge >= 0.3 is 0 Å². The summed E-state index contributed by atoms with van der Waals surface area (Å²) in [7, 11) is 0. The van der Waals surface area contributed by atoms with Gasteiger partial charge in [-0.25, -0.2) is 0 Å². The average Bonchev–Trinajstić information content (AvgIpc) is 2.03. The molecular formula is C9H7O. The van der Waals surface area contributed by atoms with Crippen LogP contribution in [0, 0.1) is 6.07 Å². The molecule has 1 aromatic rings. The fourth-order valence-electron chi connectivity index (χ4n) is 0.661. The summed E-state index contributed by atoms with van der Waals surface area (Å²) in [6.07, 6.45) is 3.96. The van der Waals surface area contributed by atoms with Crippen molar-refractivity contribution in [3.8, 4) is 0 Å². The third-order valence-corrected chi connectivity index (χ3v) is 1.10. The largest absolute Gasteiger partial charge is 0.299 e. The first kappa shape index (κ1) is 6.75. The van der Waals surface area contributed by atoms with E-state index in [9.17, 15) is 4.79 Å². The van der Waals surface area contributed by atoms with Gasteiger partial charge in [0, 0.05) is 0 Å². The van der Waals surface area contributed by atoms with E-state index in [2.05, 4.69) is 6.07 Å². The van der Waals surface area contributed by atoms with Crippen LogP contribution >= 0.6 is 0 Å². The number of allylic oxidation sites excluding steroid dienone is 1. The Morgan fingerprint density at radius 2 is 2.40 bits per heavy atom. The van der Waals surface area contributed by atoms with Crippen LogP contribution in [0.5, 0.6) is 0 Å². The van der Waals surface area contributed by atoms with Gasteiger partial charge in [0.1, 0.15) is 6.29 Å². The quantitative estimate of drug-likeness (QED) is 0.441. The molecule has 0 unspecified atom stereocenters. The van der Waals surface area contributed by atoms with Crippen molar-refractivity contribution in [1.82, 2.24) is 0 Å². The molecular weight excluding hydrogens is 124 g/mol. The van der Waals surface area contributed by atoms with Gasteiger partial charge in [0.15, 0.2) is 0 Å². The predicted molar refractivity (Wildman–Crippen MR) is 40.4 cm³/mol. The molecule has 0 aliphatic heterocycles. The summed E-state index contributed by atoms with van der Waals surface area (Å²) in [4.78, 5) is 9.88. The Balaban J connectivity index is 2.76. The van der Waals surface area contributed by atoms with Gasteiger partial charge in [-0.15, -0.1) is 0 Å². The maximum absolute atomic E-state index is 9.88. The van der Waals surface area contributed by atoms with E-state index in [0.717, 1.165) is 11.8 Å². The molecule has 0 aliphatic carbocycles. The minimum absolute atomic E-state index is 0.757. The standard InChI is InChI=1S/C9H7O/c10-8-4-7-9-5-2-1-3-6-9/h1-2,4-8H/b7-4+. The van der Waals surface area contributed by atoms with Crippen molar-refractivity contribution in [2.24, 2.45) is 0 Å². The smallest absolute Gasteiger partial charge is 0.142 e. The maximum Gasteiger partial charge on any atom is 0.142 e. The van der Waals surface area contributed by atoms with Crippen molar-refractivity contribution in [1.29, 1.82) is 0 Å². The highest BCUT2D eigenvalue weighted by Gasteiger charge is 1.79. The number of carbonyl (C=O) groups excluding carboxylic acids is 1. The Bertz CT molecular complexity index is 224. The summed E-state index contributed by atoms with van der Waals surface area (Å²) in [5.74, 6) is 0. The molecule has 1 aromatic carbocycles. The molecule has 0 aromatic heterocycles. The lowest BCUT2D eigenvalue weighted by Crippen LogP contribution is -1.68. The third kappa shape index (κ3) is 1.86. The minimum atomic E-state index is 0.757. The van der Waals surface area contributed by atoms with Crippen LogP contribution in [-0.4, -0.2) is 6.29 Å². The maximum atomic E-state index is 9.88. The second-order valence-corrected chi connectivity index (χ2v) is 1.83. The summed E-state index contributed by atoms with van der Waals surface area (Å²) in [5.41, 5.74) is 0.995. The zero-order valence-corrected chi connectivity index (χ0v) is 5.45. The molecule has 1 nitrogen and oxygen atoms in total. The van der Waals surface area contributed by atoms with Crippen LogP contribution in [0.25, 0.3) is 6.08 Å². The molecule has 0 N–H and O–H groups in total. The van der Waals surface area contributed by atoms with Crippen LogP contribution in [0.15, 0.2) is 30.3 Å². The number of carbonyl (C=O) groups is 1. The Labute approximate surface area is 60.0 Å². The van der Waals surface area contributed by atoms with Crippen molar-refractivity contribution < 1.29 is 4.79 Å². The van der Waals surface area contributed by atoms with Gasteiger partial charge in [-0.1, -0.05) is 24.3 Å². The molecule has 1 radical (unpaired) electrons. The lowest BCUT2D eigenvalue weighted by atomic mass is 10.2. The van der Waals surface area contributed by atoms with E-state index < -0.39 is 0 Å². The van der Waals surface area contributed by atoms with Gasteiger partial charge in [0.2, 0.25) is 0 Å². The molecule has 1 heteroatoms. The molecule has 0 saturated carbocycles. The van der Waals surface area contributed by atoms with Crippen molar-refractivity contribution in [3.63, 3.8) is 0 Å². The molecule has 0 heterocycles. The number of hydrogen-bond acceptors (Lipinski definition) is 1. The van der Waals surface area contributed by atoms with Gasteiger partial charge < -0.3 is 0 Å². The monoisotopic (exact) mass is 131 g/mol. The Kier molecular flexibility index (Phi) is 2.44. The van der Waals surface area contributed by atoms with Gasteiger partial charge in [0.25, 0.3) is 0 Å². The highest BCUT2D eigenvalue weighted by atomic mass is 16.1. The normalized spacial score (nSPS) is 10.0. The van der Waals surface area contributed by atoms with Crippen LogP contribution in [0.2, 0.25) is 0 Å². The molecule has 0 spiro atoms. The molecule has 1 rings (SSSR count). The second kappa shape index (κ2) is 3.62. The lowest BCUT2D eigenvalue weighted by Gasteiger charge is -1.86. The van der Waals surface area contributed by atoms with Crippen molar-refractivity contribution in [2.75, 3.05) is 0 Å². The van der Waals surface area contributed by atoms with Crippen molar-refractivity contribution >= 4 is 12.4 Å². The van der Waals surface area contributed by atoms with E-state index in [1.807, 2.05) is 24.3 Å². The number of rotatable bonds is 2. The summed E-state index contributed by atoms with van der Waals surface area (Å²) in [6.45, 7) is 0. The first-order valence-corrected chi connectivity index (χ1v) is 3.01. The van der Waals surface area contributed by atoms with Gasteiger partial charge in [-0.2, -0.15) is 0 Å². The third-order valence-electron chi connectivity index (χ3n) is 1.10. The molecule has 0 amide bonds. The fraction of sp³-hybridized carbons (Fsp3) is 0. The highest BCUT2D eigenvalue weighted by molar-refractivity contribution is 5.73. The molecule has 0 fully saturated rings. The van der Waals surface area contributed by atoms with Crippen molar-refractivity contribution in [3.05, 3.63) is 42.0 Å². The van der Waals surface area contributed by atoms with E-state index in [0.29, 0.717) is 0 Å². The van der Waals surface area contributed by atoms with E-state index in [-0.39, 0.29) is 0 Å². The molecule has 0 atom stereocenters. The zero-order chi connectivity index (χ0) is 7.23. The summed E-state index contributed by atoms with van der Waals surface area (Å²) >= 11 is 0. The van der Waals surface area contributed by atoms with Crippen LogP contribution < -0.4 is 0 Å². The van der Waals surface area contributed by atoms with Crippen LogP contribution in [0.4, 0.5) is 0 Å². The van der Waals surface area contributed by atoms with E-state index in [4.69, 9.17) is 0 Å². The second-order valence-electron chi connectivity index (χ2n) is 1.83. The van der Waals surface area contributed by atoms with Gasteiger partial charge in [-0.05, 0) is 23.8 Å². The molecule has 10 heavy (non-hydrogen) atoms. The molecule has 49 valence electrons. The number of benzene rings is 1. The van der Waals surface area contributed by atoms with E-state index in [1.54, 1.807) is 6.08 Å². The summed E-state index contributed by atoms with van der Waals surface area (Å²) in [6, 6.07) is 10.3. The van der Waals surface area contributed by atoms with Gasteiger partial charge in [0.05, 0.1) is 0 Å². The Morgan fingerprint density at radius 3 is 3.00 bits per heavy atom. The first-order valence-electron chi connectivity index (χ1n) is 3.01. The Morgan fingerprint density at radius 1 is 1.50 bits per heavy atom. The van der Waals surface area contributed by atoms with Crippen LogP contribution in [-0.2, 0) is 4.79 Å². The number of aldehydes is 1. The van der Waals surface area contributed by atoms with Crippen LogP contribution in [0.1, 0.15) is 5.56 Å². The van der Waals surface area contributed by atoms with E-state index in [1.165, 1.54) is 6.08 Å². The summed E-state index contributed by atoms with van der Waals surface area (Å²) < 4.78 is 0.